The Morgan fingerprint density at radius 1 is 1.05 bits per heavy atom. The monoisotopic (exact) mass is 254 g/mol. The SMILES string of the molecule is NC1[C@@H]2CC[C@H]1CN(c1cnc3ccccc3n1)C2. The van der Waals surface area contributed by atoms with Crippen molar-refractivity contribution >= 4 is 16.9 Å². The van der Waals surface area contributed by atoms with Crippen LogP contribution in [0.25, 0.3) is 11.0 Å². The highest BCUT2D eigenvalue weighted by atomic mass is 15.2. The van der Waals surface area contributed by atoms with Gasteiger partial charge in [0.15, 0.2) is 0 Å². The number of nitrogens with zero attached hydrogens (tertiary/aromatic N) is 3. The summed E-state index contributed by atoms with van der Waals surface area (Å²) >= 11 is 0. The number of para-hydroxylation sites is 2. The van der Waals surface area contributed by atoms with E-state index in [9.17, 15) is 0 Å². The van der Waals surface area contributed by atoms with E-state index >= 15 is 0 Å². The molecule has 0 radical (unpaired) electrons. The molecule has 98 valence electrons. The first-order chi connectivity index (χ1) is 9.31. The Hall–Kier alpha value is -1.68. The van der Waals surface area contributed by atoms with Crippen LogP contribution in [0.1, 0.15) is 12.8 Å². The molecule has 2 heterocycles. The van der Waals surface area contributed by atoms with Gasteiger partial charge in [-0.2, -0.15) is 0 Å². The fourth-order valence-corrected chi connectivity index (χ4v) is 3.55. The van der Waals surface area contributed by atoms with Crippen LogP contribution in [0.3, 0.4) is 0 Å². The Kier molecular flexibility index (Phi) is 2.45. The average molecular weight is 254 g/mol. The third-order valence-electron chi connectivity index (χ3n) is 4.67. The zero-order valence-corrected chi connectivity index (χ0v) is 10.9. The highest BCUT2D eigenvalue weighted by molar-refractivity contribution is 5.75. The molecule has 4 rings (SSSR count). The topological polar surface area (TPSA) is 55.0 Å². The molecule has 0 spiro atoms. The summed E-state index contributed by atoms with van der Waals surface area (Å²) in [6.45, 7) is 2.06. The van der Waals surface area contributed by atoms with Crippen LogP contribution in [-0.2, 0) is 0 Å². The van der Waals surface area contributed by atoms with Crippen molar-refractivity contribution in [2.45, 2.75) is 18.9 Å². The molecule has 1 saturated carbocycles. The lowest BCUT2D eigenvalue weighted by Gasteiger charge is -2.36. The van der Waals surface area contributed by atoms with Crippen LogP contribution in [0.5, 0.6) is 0 Å². The van der Waals surface area contributed by atoms with E-state index in [1.54, 1.807) is 0 Å². The highest BCUT2D eigenvalue weighted by Crippen LogP contribution is 2.37. The Balaban J connectivity index is 1.68. The quantitative estimate of drug-likeness (QED) is 0.843. The smallest absolute Gasteiger partial charge is 0.147 e. The van der Waals surface area contributed by atoms with Gasteiger partial charge in [-0.1, -0.05) is 12.1 Å². The van der Waals surface area contributed by atoms with Gasteiger partial charge in [0.2, 0.25) is 0 Å². The number of aromatic nitrogens is 2. The number of fused-ring (bicyclic) bond motifs is 3. The van der Waals surface area contributed by atoms with Crippen molar-refractivity contribution in [3.05, 3.63) is 30.5 Å². The van der Waals surface area contributed by atoms with E-state index in [0.29, 0.717) is 17.9 Å². The van der Waals surface area contributed by atoms with Gasteiger partial charge in [0.05, 0.1) is 17.2 Å². The van der Waals surface area contributed by atoms with Crippen molar-refractivity contribution in [3.8, 4) is 0 Å². The number of benzene rings is 1. The Morgan fingerprint density at radius 3 is 2.47 bits per heavy atom. The van der Waals surface area contributed by atoms with Gasteiger partial charge in [0, 0.05) is 19.1 Å². The van der Waals surface area contributed by atoms with Crippen LogP contribution in [0, 0.1) is 11.8 Å². The standard InChI is InChI=1S/C15H18N4/c16-15-10-5-6-11(15)9-19(8-10)14-7-17-12-3-1-2-4-13(12)18-14/h1-4,7,10-11,15H,5-6,8-9,16H2/t10-,11+,15?. The molecule has 1 aliphatic carbocycles. The van der Waals surface area contributed by atoms with Crippen LogP contribution in [0.15, 0.2) is 30.5 Å². The number of anilines is 1. The molecule has 3 atom stereocenters. The van der Waals surface area contributed by atoms with Gasteiger partial charge in [0.25, 0.3) is 0 Å². The average Bonchev–Trinajstić information content (AvgIpc) is 2.68. The summed E-state index contributed by atoms with van der Waals surface area (Å²) in [7, 11) is 0. The number of hydrogen-bond donors (Lipinski definition) is 1. The molecule has 19 heavy (non-hydrogen) atoms. The second-order valence-electron chi connectivity index (χ2n) is 5.80. The van der Waals surface area contributed by atoms with Gasteiger partial charge in [-0.05, 0) is 36.8 Å². The molecule has 1 aromatic heterocycles. The van der Waals surface area contributed by atoms with Crippen molar-refractivity contribution in [2.24, 2.45) is 17.6 Å². The van der Waals surface area contributed by atoms with Crippen molar-refractivity contribution in [2.75, 3.05) is 18.0 Å². The van der Waals surface area contributed by atoms with Crippen LogP contribution >= 0.6 is 0 Å². The molecular weight excluding hydrogens is 236 g/mol. The van der Waals surface area contributed by atoms with E-state index in [1.165, 1.54) is 12.8 Å². The van der Waals surface area contributed by atoms with Crippen molar-refractivity contribution in [1.82, 2.24) is 9.97 Å². The second kappa shape index (κ2) is 4.17. The summed E-state index contributed by atoms with van der Waals surface area (Å²) in [5.74, 6) is 2.27. The van der Waals surface area contributed by atoms with Crippen LogP contribution in [0.4, 0.5) is 5.82 Å². The maximum Gasteiger partial charge on any atom is 0.147 e. The van der Waals surface area contributed by atoms with Gasteiger partial charge in [0.1, 0.15) is 5.82 Å². The molecule has 1 saturated heterocycles. The molecule has 4 nitrogen and oxygen atoms in total. The minimum Gasteiger partial charge on any atom is -0.355 e. The number of rotatable bonds is 1. The zero-order valence-electron chi connectivity index (χ0n) is 10.9. The number of nitrogens with two attached hydrogens (primary N) is 1. The van der Waals surface area contributed by atoms with E-state index in [0.717, 1.165) is 29.9 Å². The summed E-state index contributed by atoms with van der Waals surface area (Å²) < 4.78 is 0. The van der Waals surface area contributed by atoms with E-state index in [1.807, 2.05) is 30.5 Å². The summed E-state index contributed by atoms with van der Waals surface area (Å²) in [6, 6.07) is 8.43. The lowest BCUT2D eigenvalue weighted by molar-refractivity contribution is 0.355. The van der Waals surface area contributed by atoms with Crippen molar-refractivity contribution in [1.29, 1.82) is 0 Å². The maximum absolute atomic E-state index is 6.25. The highest BCUT2D eigenvalue weighted by Gasteiger charge is 2.40. The third-order valence-corrected chi connectivity index (χ3v) is 4.67. The van der Waals surface area contributed by atoms with Crippen LogP contribution in [-0.4, -0.2) is 29.1 Å². The Morgan fingerprint density at radius 2 is 1.74 bits per heavy atom. The maximum atomic E-state index is 6.25. The fourth-order valence-electron chi connectivity index (χ4n) is 3.55. The van der Waals surface area contributed by atoms with Crippen molar-refractivity contribution < 1.29 is 0 Å². The number of hydrogen-bond acceptors (Lipinski definition) is 4. The molecule has 4 heteroatoms. The molecule has 1 unspecified atom stereocenters. The summed E-state index contributed by atoms with van der Waals surface area (Å²) in [6.07, 6.45) is 4.44. The van der Waals surface area contributed by atoms with E-state index < -0.39 is 0 Å². The minimum absolute atomic E-state index is 0.393. The van der Waals surface area contributed by atoms with E-state index in [2.05, 4.69) is 9.88 Å². The van der Waals surface area contributed by atoms with Gasteiger partial charge in [-0.15, -0.1) is 0 Å². The van der Waals surface area contributed by atoms with Gasteiger partial charge >= 0.3 is 0 Å². The van der Waals surface area contributed by atoms with E-state index in [-0.39, 0.29) is 0 Å². The minimum atomic E-state index is 0.393. The molecule has 1 aliphatic heterocycles. The first kappa shape index (κ1) is 11.2. The molecule has 1 aromatic carbocycles. The zero-order chi connectivity index (χ0) is 12.8. The molecule has 2 bridgehead atoms. The Labute approximate surface area is 112 Å². The summed E-state index contributed by atoms with van der Waals surface area (Å²) in [5.41, 5.74) is 8.19. The van der Waals surface area contributed by atoms with Gasteiger partial charge in [-0.3, -0.25) is 4.98 Å². The molecular formula is C15H18N4. The lowest BCUT2D eigenvalue weighted by Crippen LogP contribution is -2.49. The molecule has 2 N–H and O–H groups in total. The molecule has 2 fully saturated rings. The lowest BCUT2D eigenvalue weighted by atomic mass is 9.93. The van der Waals surface area contributed by atoms with Crippen molar-refractivity contribution in [3.63, 3.8) is 0 Å². The predicted octanol–water partition coefficient (Wildman–Crippen LogP) is 1.80. The predicted molar refractivity (Wildman–Crippen MR) is 75.9 cm³/mol. The normalized spacial score (nSPS) is 29.9. The van der Waals surface area contributed by atoms with Gasteiger partial charge in [-0.25, -0.2) is 4.98 Å². The molecule has 2 aliphatic rings. The molecule has 0 amide bonds. The Bertz CT molecular complexity index is 598. The number of piperidine rings is 1. The van der Waals surface area contributed by atoms with Crippen LogP contribution < -0.4 is 10.6 Å². The van der Waals surface area contributed by atoms with Gasteiger partial charge < -0.3 is 10.6 Å². The summed E-state index contributed by atoms with van der Waals surface area (Å²) in [4.78, 5) is 11.6. The molecule has 2 aromatic rings. The second-order valence-corrected chi connectivity index (χ2v) is 5.80. The van der Waals surface area contributed by atoms with E-state index in [4.69, 9.17) is 10.7 Å². The first-order valence-corrected chi connectivity index (χ1v) is 7.03. The fraction of sp³-hybridized carbons (Fsp3) is 0.467. The summed E-state index contributed by atoms with van der Waals surface area (Å²) in [5, 5.41) is 0. The first-order valence-electron chi connectivity index (χ1n) is 7.03. The largest absolute Gasteiger partial charge is 0.355 e. The third kappa shape index (κ3) is 1.78. The van der Waals surface area contributed by atoms with Crippen LogP contribution in [0.2, 0.25) is 0 Å².